The van der Waals surface area contributed by atoms with Crippen LogP contribution in [-0.2, 0) is 11.3 Å². The van der Waals surface area contributed by atoms with E-state index < -0.39 is 0 Å². The zero-order valence-corrected chi connectivity index (χ0v) is 11.3. The van der Waals surface area contributed by atoms with Crippen molar-refractivity contribution in [3.8, 4) is 0 Å². The van der Waals surface area contributed by atoms with Gasteiger partial charge in [0.15, 0.2) is 5.82 Å². The number of nitrogens with zero attached hydrogens (tertiary/aromatic N) is 4. The number of methoxy groups -OCH3 is 1. The Bertz CT molecular complexity index is 323. The van der Waals surface area contributed by atoms with Crippen LogP contribution in [0.5, 0.6) is 0 Å². The van der Waals surface area contributed by atoms with Gasteiger partial charge in [-0.1, -0.05) is 27.7 Å². The van der Waals surface area contributed by atoms with Gasteiger partial charge in [0.05, 0.1) is 19.2 Å². The molecule has 1 atom stereocenters. The maximum absolute atomic E-state index is 5.23. The van der Waals surface area contributed by atoms with E-state index in [0.717, 1.165) is 5.82 Å². The summed E-state index contributed by atoms with van der Waals surface area (Å²) in [5, 5.41) is 15.2. The van der Waals surface area contributed by atoms with Gasteiger partial charge in [-0.3, -0.25) is 0 Å². The molecule has 0 bridgehead atoms. The maximum Gasteiger partial charge on any atom is 0.165 e. The van der Waals surface area contributed by atoms with Crippen LogP contribution in [0.25, 0.3) is 0 Å². The van der Waals surface area contributed by atoms with Crippen molar-refractivity contribution in [2.45, 2.75) is 46.3 Å². The molecule has 1 heterocycles. The number of rotatable bonds is 7. The highest BCUT2D eigenvalue weighted by atomic mass is 16.5. The first-order chi connectivity index (χ1) is 8.06. The monoisotopic (exact) mass is 241 g/mol. The second-order valence-corrected chi connectivity index (χ2v) is 4.84. The lowest BCUT2D eigenvalue weighted by molar-refractivity contribution is 0.123. The fourth-order valence-electron chi connectivity index (χ4n) is 1.60. The number of nitrogens with one attached hydrogen (secondary N) is 1. The Balaban J connectivity index is 2.77. The van der Waals surface area contributed by atoms with Crippen molar-refractivity contribution in [2.24, 2.45) is 5.92 Å². The molecule has 0 amide bonds. The largest absolute Gasteiger partial charge is 0.382 e. The molecule has 6 nitrogen and oxygen atoms in total. The van der Waals surface area contributed by atoms with Gasteiger partial charge in [0.1, 0.15) is 0 Å². The lowest BCUT2D eigenvalue weighted by Crippen LogP contribution is -2.28. The second kappa shape index (κ2) is 6.66. The third-order valence-corrected chi connectivity index (χ3v) is 2.65. The average molecular weight is 241 g/mol. The molecule has 6 heteroatoms. The third-order valence-electron chi connectivity index (χ3n) is 2.65. The summed E-state index contributed by atoms with van der Waals surface area (Å²) in [5.41, 5.74) is 0. The Hall–Kier alpha value is -1.01. The molecule has 0 aliphatic heterocycles. The van der Waals surface area contributed by atoms with Crippen molar-refractivity contribution in [3.63, 3.8) is 0 Å². The maximum atomic E-state index is 5.23. The van der Waals surface area contributed by atoms with E-state index in [4.69, 9.17) is 4.74 Å². The van der Waals surface area contributed by atoms with Crippen LogP contribution in [0.4, 0.5) is 0 Å². The highest BCUT2D eigenvalue weighted by Gasteiger charge is 2.20. The van der Waals surface area contributed by atoms with E-state index in [-0.39, 0.29) is 6.04 Å². The molecule has 0 saturated carbocycles. The summed E-state index contributed by atoms with van der Waals surface area (Å²) in [6.45, 7) is 9.79. The van der Waals surface area contributed by atoms with Gasteiger partial charge in [-0.25, -0.2) is 4.68 Å². The molecule has 98 valence electrons. The molecule has 1 unspecified atom stereocenters. The minimum atomic E-state index is 0.180. The first-order valence-electron chi connectivity index (χ1n) is 6.05. The molecule has 1 aromatic heterocycles. The molecular formula is C11H23N5O. The van der Waals surface area contributed by atoms with Gasteiger partial charge >= 0.3 is 0 Å². The van der Waals surface area contributed by atoms with Gasteiger partial charge in [-0.05, 0) is 16.3 Å². The number of tetrazole rings is 1. The van der Waals surface area contributed by atoms with Crippen LogP contribution in [0.2, 0.25) is 0 Å². The average Bonchev–Trinajstić information content (AvgIpc) is 2.70. The highest BCUT2D eigenvalue weighted by Crippen LogP contribution is 2.17. The molecular weight excluding hydrogens is 218 g/mol. The van der Waals surface area contributed by atoms with Crippen LogP contribution >= 0.6 is 0 Å². The third kappa shape index (κ3) is 4.05. The minimum absolute atomic E-state index is 0.180. The minimum Gasteiger partial charge on any atom is -0.382 e. The topological polar surface area (TPSA) is 64.9 Å². The van der Waals surface area contributed by atoms with Gasteiger partial charge in [0, 0.05) is 13.2 Å². The van der Waals surface area contributed by atoms with E-state index in [1.807, 2.05) is 4.68 Å². The van der Waals surface area contributed by atoms with Gasteiger partial charge in [-0.15, -0.1) is 5.10 Å². The summed E-state index contributed by atoms with van der Waals surface area (Å²) in [4.78, 5) is 0. The smallest absolute Gasteiger partial charge is 0.165 e. The van der Waals surface area contributed by atoms with Crippen LogP contribution in [-0.4, -0.2) is 40.0 Å². The molecule has 0 aromatic carbocycles. The molecule has 17 heavy (non-hydrogen) atoms. The van der Waals surface area contributed by atoms with Crippen LogP contribution in [0.3, 0.4) is 0 Å². The van der Waals surface area contributed by atoms with E-state index >= 15 is 0 Å². The Morgan fingerprint density at radius 1 is 1.29 bits per heavy atom. The van der Waals surface area contributed by atoms with E-state index in [1.165, 1.54) is 0 Å². The summed E-state index contributed by atoms with van der Waals surface area (Å²) in [7, 11) is 1.70. The Morgan fingerprint density at radius 2 is 2.00 bits per heavy atom. The molecule has 1 aromatic rings. The second-order valence-electron chi connectivity index (χ2n) is 4.84. The van der Waals surface area contributed by atoms with E-state index in [9.17, 15) is 0 Å². The zero-order chi connectivity index (χ0) is 12.8. The van der Waals surface area contributed by atoms with Crippen molar-refractivity contribution >= 4 is 0 Å². The quantitative estimate of drug-likeness (QED) is 0.772. The highest BCUT2D eigenvalue weighted by molar-refractivity contribution is 4.85. The number of aromatic nitrogens is 4. The van der Waals surface area contributed by atoms with Gasteiger partial charge in [0.2, 0.25) is 0 Å². The predicted molar refractivity (Wildman–Crippen MR) is 65.5 cm³/mol. The lowest BCUT2D eigenvalue weighted by atomic mass is 10.1. The summed E-state index contributed by atoms with van der Waals surface area (Å²) < 4.78 is 7.10. The number of hydrogen-bond donors (Lipinski definition) is 1. The van der Waals surface area contributed by atoms with Crippen molar-refractivity contribution in [3.05, 3.63) is 5.82 Å². The number of hydrogen-bond acceptors (Lipinski definition) is 5. The first-order valence-corrected chi connectivity index (χ1v) is 6.05. The summed E-state index contributed by atoms with van der Waals surface area (Å²) in [6, 6.07) is 0.596. The van der Waals surface area contributed by atoms with Crippen LogP contribution in [0, 0.1) is 5.92 Å². The predicted octanol–water partition coefficient (Wildman–Crippen LogP) is 1.01. The van der Waals surface area contributed by atoms with Crippen molar-refractivity contribution in [1.29, 1.82) is 0 Å². The summed E-state index contributed by atoms with van der Waals surface area (Å²) in [6.07, 6.45) is 0. The van der Waals surface area contributed by atoms with Gasteiger partial charge in [-0.2, -0.15) is 0 Å². The molecule has 0 radical (unpaired) electrons. The Labute approximate surface area is 103 Å². The standard InChI is InChI=1S/C11H23N5O/c1-8(2)10(7-17-5)16-11(13-14-15-16)6-12-9(3)4/h8-10,12H,6-7H2,1-5H3. The van der Waals surface area contributed by atoms with Gasteiger partial charge in [0.25, 0.3) is 0 Å². The normalized spacial score (nSPS) is 13.6. The van der Waals surface area contributed by atoms with Crippen molar-refractivity contribution < 1.29 is 4.74 Å². The van der Waals surface area contributed by atoms with E-state index in [1.54, 1.807) is 7.11 Å². The van der Waals surface area contributed by atoms with Crippen molar-refractivity contribution in [2.75, 3.05) is 13.7 Å². The lowest BCUT2D eigenvalue weighted by Gasteiger charge is -2.21. The van der Waals surface area contributed by atoms with Crippen LogP contribution in [0.1, 0.15) is 39.6 Å². The van der Waals surface area contributed by atoms with Crippen LogP contribution < -0.4 is 5.32 Å². The fraction of sp³-hybridized carbons (Fsp3) is 0.909. The molecule has 1 N–H and O–H groups in total. The molecule has 1 rings (SSSR count). The SMILES string of the molecule is COCC(C(C)C)n1nnnc1CNC(C)C. The summed E-state index contributed by atoms with van der Waals surface area (Å²) >= 11 is 0. The molecule has 0 fully saturated rings. The zero-order valence-electron chi connectivity index (χ0n) is 11.3. The van der Waals surface area contributed by atoms with Crippen molar-refractivity contribution in [1.82, 2.24) is 25.5 Å². The molecule has 0 saturated heterocycles. The Morgan fingerprint density at radius 3 is 2.53 bits per heavy atom. The van der Waals surface area contributed by atoms with Crippen LogP contribution in [0.15, 0.2) is 0 Å². The Kier molecular flexibility index (Phi) is 5.50. The molecule has 0 spiro atoms. The van der Waals surface area contributed by atoms with E-state index in [0.29, 0.717) is 25.1 Å². The fourth-order valence-corrected chi connectivity index (χ4v) is 1.60. The first kappa shape index (κ1) is 14.1. The number of ether oxygens (including phenoxy) is 1. The molecule has 0 aliphatic rings. The summed E-state index contributed by atoms with van der Waals surface area (Å²) in [5.74, 6) is 1.28. The van der Waals surface area contributed by atoms with E-state index in [2.05, 4.69) is 48.5 Å². The van der Waals surface area contributed by atoms with Gasteiger partial charge < -0.3 is 10.1 Å². The molecule has 0 aliphatic carbocycles.